The van der Waals surface area contributed by atoms with E-state index in [4.69, 9.17) is 0 Å². The molecule has 0 radical (unpaired) electrons. The zero-order valence-electron chi connectivity index (χ0n) is 11.0. The van der Waals surface area contributed by atoms with Crippen LogP contribution < -0.4 is 5.32 Å². The lowest BCUT2D eigenvalue weighted by molar-refractivity contribution is 0.475. The first-order valence-corrected chi connectivity index (χ1v) is 6.51. The highest BCUT2D eigenvalue weighted by Gasteiger charge is 2.14. The highest BCUT2D eigenvalue weighted by atomic mass is 15.3. The van der Waals surface area contributed by atoms with Crippen LogP contribution in [0.1, 0.15) is 52.0 Å². The van der Waals surface area contributed by atoms with E-state index in [9.17, 15) is 0 Å². The summed E-state index contributed by atoms with van der Waals surface area (Å²) < 4.78 is 2.07. The molecular weight excluding hydrogens is 198 g/mol. The molecule has 92 valence electrons. The predicted octanol–water partition coefficient (Wildman–Crippen LogP) is 2.78. The van der Waals surface area contributed by atoms with E-state index in [1.54, 1.807) is 0 Å². The molecule has 0 aromatic carbocycles. The summed E-state index contributed by atoms with van der Waals surface area (Å²) in [6.07, 6.45) is 6.75. The van der Waals surface area contributed by atoms with Crippen molar-refractivity contribution in [2.45, 2.75) is 59.0 Å². The molecular formula is C13H25N3. The minimum absolute atomic E-state index is 0.584. The Kier molecular flexibility index (Phi) is 5.53. The maximum Gasteiger partial charge on any atom is 0.0562 e. The fourth-order valence-electron chi connectivity index (χ4n) is 1.92. The minimum atomic E-state index is 0.584. The van der Waals surface area contributed by atoms with Gasteiger partial charge < -0.3 is 5.32 Å². The third kappa shape index (κ3) is 3.63. The van der Waals surface area contributed by atoms with E-state index in [1.165, 1.54) is 24.9 Å². The Hall–Kier alpha value is -0.830. The summed E-state index contributed by atoms with van der Waals surface area (Å²) in [5.41, 5.74) is 1.34. The summed E-state index contributed by atoms with van der Waals surface area (Å²) in [4.78, 5) is 0. The second kappa shape index (κ2) is 6.69. The fourth-order valence-corrected chi connectivity index (χ4v) is 1.92. The molecule has 1 atom stereocenters. The Balaban J connectivity index is 0.000000606. The van der Waals surface area contributed by atoms with Crippen LogP contribution in [-0.4, -0.2) is 22.4 Å². The van der Waals surface area contributed by atoms with Gasteiger partial charge in [0, 0.05) is 12.2 Å². The van der Waals surface area contributed by atoms with Crippen molar-refractivity contribution in [3.63, 3.8) is 0 Å². The van der Waals surface area contributed by atoms with E-state index in [-0.39, 0.29) is 0 Å². The fraction of sp³-hybridized carbons (Fsp3) is 0.769. The number of hydrogen-bond donors (Lipinski definition) is 1. The van der Waals surface area contributed by atoms with E-state index < -0.39 is 0 Å². The van der Waals surface area contributed by atoms with E-state index in [0.717, 1.165) is 6.54 Å². The minimum Gasteiger partial charge on any atom is -0.312 e. The molecule has 1 saturated heterocycles. The number of nitrogens with one attached hydrogen (secondary N) is 1. The Morgan fingerprint density at radius 2 is 2.25 bits per heavy atom. The maximum absolute atomic E-state index is 4.38. The van der Waals surface area contributed by atoms with Crippen LogP contribution in [0.5, 0.6) is 0 Å². The third-order valence-corrected chi connectivity index (χ3v) is 2.89. The lowest BCUT2D eigenvalue weighted by Gasteiger charge is -2.09. The molecule has 1 N–H and O–H groups in total. The van der Waals surface area contributed by atoms with Crippen LogP contribution in [0.4, 0.5) is 0 Å². The summed E-state index contributed by atoms with van der Waals surface area (Å²) in [6.45, 7) is 10.6. The van der Waals surface area contributed by atoms with Gasteiger partial charge in [0.25, 0.3) is 0 Å². The maximum atomic E-state index is 4.38. The van der Waals surface area contributed by atoms with Gasteiger partial charge in [-0.2, -0.15) is 5.10 Å². The van der Waals surface area contributed by atoms with Crippen LogP contribution in [-0.2, 0) is 6.54 Å². The summed E-state index contributed by atoms with van der Waals surface area (Å²) in [6, 6.07) is 0.634. The van der Waals surface area contributed by atoms with Crippen molar-refractivity contribution < 1.29 is 0 Å². The highest BCUT2D eigenvalue weighted by Crippen LogP contribution is 2.13. The summed E-state index contributed by atoms with van der Waals surface area (Å²) in [5, 5.41) is 7.86. The second-order valence-corrected chi connectivity index (χ2v) is 4.44. The number of nitrogens with zero attached hydrogens (tertiary/aromatic N) is 2. The summed E-state index contributed by atoms with van der Waals surface area (Å²) in [5.74, 6) is 0.584. The molecule has 0 bridgehead atoms. The third-order valence-electron chi connectivity index (χ3n) is 2.89. The van der Waals surface area contributed by atoms with Gasteiger partial charge in [-0.1, -0.05) is 27.7 Å². The van der Waals surface area contributed by atoms with Gasteiger partial charge >= 0.3 is 0 Å². The van der Waals surface area contributed by atoms with Crippen molar-refractivity contribution in [3.05, 3.63) is 18.0 Å². The van der Waals surface area contributed by atoms with Crippen LogP contribution in [0, 0.1) is 0 Å². The van der Waals surface area contributed by atoms with Gasteiger partial charge in [0.2, 0.25) is 0 Å². The van der Waals surface area contributed by atoms with E-state index in [2.05, 4.69) is 35.1 Å². The van der Waals surface area contributed by atoms with E-state index in [0.29, 0.717) is 12.0 Å². The Bertz CT molecular complexity index is 285. The molecule has 2 rings (SSSR count). The van der Waals surface area contributed by atoms with E-state index >= 15 is 0 Å². The second-order valence-electron chi connectivity index (χ2n) is 4.44. The monoisotopic (exact) mass is 223 g/mol. The molecule has 1 aromatic rings. The molecule has 1 fully saturated rings. The van der Waals surface area contributed by atoms with Gasteiger partial charge in [0.15, 0.2) is 0 Å². The molecule has 2 heterocycles. The molecule has 0 aliphatic carbocycles. The van der Waals surface area contributed by atoms with Crippen LogP contribution >= 0.6 is 0 Å². The molecule has 1 aliphatic rings. The van der Waals surface area contributed by atoms with Crippen molar-refractivity contribution in [2.75, 3.05) is 6.54 Å². The molecule has 1 aliphatic heterocycles. The molecule has 3 heteroatoms. The quantitative estimate of drug-likeness (QED) is 0.854. The molecule has 0 spiro atoms. The van der Waals surface area contributed by atoms with Crippen molar-refractivity contribution in [1.29, 1.82) is 0 Å². The van der Waals surface area contributed by atoms with Gasteiger partial charge in [0.05, 0.1) is 12.7 Å². The average Bonchev–Trinajstić information content (AvgIpc) is 2.92. The SMILES string of the molecule is CC.CC(C)c1cnn(CC2CCCN2)c1. The van der Waals surface area contributed by atoms with Crippen molar-refractivity contribution in [1.82, 2.24) is 15.1 Å². The zero-order chi connectivity index (χ0) is 12.0. The van der Waals surface area contributed by atoms with Crippen LogP contribution in [0.15, 0.2) is 12.4 Å². The van der Waals surface area contributed by atoms with Gasteiger partial charge in [-0.05, 0) is 30.9 Å². The molecule has 1 aromatic heterocycles. The average molecular weight is 223 g/mol. The normalized spacial score (nSPS) is 19.7. The van der Waals surface area contributed by atoms with Gasteiger partial charge in [-0.15, -0.1) is 0 Å². The standard InChI is InChI=1S/C11H19N3.C2H6/c1-9(2)10-6-13-14(7-10)8-11-4-3-5-12-11;1-2/h6-7,9,11-12H,3-5,8H2,1-2H3;1-2H3. The topological polar surface area (TPSA) is 29.9 Å². The first kappa shape index (κ1) is 13.2. The summed E-state index contributed by atoms with van der Waals surface area (Å²) >= 11 is 0. The molecule has 0 saturated carbocycles. The lowest BCUT2D eigenvalue weighted by atomic mass is 10.1. The van der Waals surface area contributed by atoms with Gasteiger partial charge in [0.1, 0.15) is 0 Å². The molecule has 16 heavy (non-hydrogen) atoms. The Labute approximate surface area is 99.2 Å². The smallest absolute Gasteiger partial charge is 0.0562 e. The van der Waals surface area contributed by atoms with Crippen LogP contribution in [0.25, 0.3) is 0 Å². The van der Waals surface area contributed by atoms with Crippen molar-refractivity contribution in [3.8, 4) is 0 Å². The van der Waals surface area contributed by atoms with Crippen LogP contribution in [0.3, 0.4) is 0 Å². The molecule has 0 amide bonds. The Morgan fingerprint density at radius 1 is 1.50 bits per heavy atom. The predicted molar refractivity (Wildman–Crippen MR) is 68.7 cm³/mol. The lowest BCUT2D eigenvalue weighted by Crippen LogP contribution is -2.26. The van der Waals surface area contributed by atoms with Crippen molar-refractivity contribution >= 4 is 0 Å². The number of aromatic nitrogens is 2. The highest BCUT2D eigenvalue weighted by molar-refractivity contribution is 5.08. The largest absolute Gasteiger partial charge is 0.312 e. The zero-order valence-corrected chi connectivity index (χ0v) is 11.0. The number of hydrogen-bond acceptors (Lipinski definition) is 2. The molecule has 3 nitrogen and oxygen atoms in total. The summed E-state index contributed by atoms with van der Waals surface area (Å²) in [7, 11) is 0. The van der Waals surface area contributed by atoms with Gasteiger partial charge in [-0.3, -0.25) is 4.68 Å². The first-order chi connectivity index (χ1) is 7.75. The van der Waals surface area contributed by atoms with Gasteiger partial charge in [-0.25, -0.2) is 0 Å². The Morgan fingerprint density at radius 3 is 2.75 bits per heavy atom. The van der Waals surface area contributed by atoms with Crippen LogP contribution in [0.2, 0.25) is 0 Å². The number of rotatable bonds is 3. The first-order valence-electron chi connectivity index (χ1n) is 6.51. The van der Waals surface area contributed by atoms with E-state index in [1.807, 2.05) is 20.0 Å². The van der Waals surface area contributed by atoms with Crippen molar-refractivity contribution in [2.24, 2.45) is 0 Å². The molecule has 1 unspecified atom stereocenters.